The van der Waals surface area contributed by atoms with Crippen LogP contribution in [0.15, 0.2) is 48.5 Å². The summed E-state index contributed by atoms with van der Waals surface area (Å²) >= 11 is 0. The molecule has 3 atom stereocenters. The molecule has 0 aliphatic carbocycles. The molecule has 0 saturated carbocycles. The Morgan fingerprint density at radius 3 is 2.70 bits per heavy atom. The van der Waals surface area contributed by atoms with E-state index >= 15 is 0 Å². The van der Waals surface area contributed by atoms with Gasteiger partial charge < -0.3 is 20.5 Å². The lowest BCUT2D eigenvalue weighted by atomic mass is 9.81. The van der Waals surface area contributed by atoms with Gasteiger partial charge >= 0.3 is 0 Å². The van der Waals surface area contributed by atoms with Crippen molar-refractivity contribution in [2.75, 3.05) is 12.4 Å². The van der Waals surface area contributed by atoms with Crippen molar-refractivity contribution in [1.82, 2.24) is 15.1 Å². The Labute approximate surface area is 175 Å². The van der Waals surface area contributed by atoms with Crippen LogP contribution in [0.1, 0.15) is 38.7 Å². The maximum atomic E-state index is 13.0. The van der Waals surface area contributed by atoms with Gasteiger partial charge in [-0.05, 0) is 43.7 Å². The molecule has 3 N–H and O–H groups in total. The summed E-state index contributed by atoms with van der Waals surface area (Å²) in [7, 11) is 3.45. The van der Waals surface area contributed by atoms with Gasteiger partial charge in [-0.15, -0.1) is 0 Å². The zero-order valence-corrected chi connectivity index (χ0v) is 17.5. The third kappa shape index (κ3) is 3.52. The van der Waals surface area contributed by atoms with Crippen LogP contribution in [-0.4, -0.2) is 40.2 Å². The molecule has 0 radical (unpaired) electrons. The Morgan fingerprint density at radius 2 is 1.97 bits per heavy atom. The summed E-state index contributed by atoms with van der Waals surface area (Å²) in [5.41, 5.74) is 4.28. The van der Waals surface area contributed by atoms with E-state index in [0.29, 0.717) is 11.3 Å². The minimum absolute atomic E-state index is 0.234. The first-order chi connectivity index (χ1) is 14.4. The summed E-state index contributed by atoms with van der Waals surface area (Å²) in [5, 5.41) is 21.6. The van der Waals surface area contributed by atoms with Crippen LogP contribution in [0.2, 0.25) is 0 Å². The van der Waals surface area contributed by atoms with Crippen molar-refractivity contribution in [3.05, 3.63) is 76.5 Å². The van der Waals surface area contributed by atoms with Crippen LogP contribution in [0.5, 0.6) is 5.75 Å². The predicted octanol–water partition coefficient (Wildman–Crippen LogP) is 2.72. The summed E-state index contributed by atoms with van der Waals surface area (Å²) in [6.45, 7) is 3.88. The van der Waals surface area contributed by atoms with Crippen LogP contribution >= 0.6 is 0 Å². The van der Waals surface area contributed by atoms with E-state index in [1.54, 1.807) is 17.9 Å². The van der Waals surface area contributed by atoms with Crippen molar-refractivity contribution < 1.29 is 14.6 Å². The second-order valence-electron chi connectivity index (χ2n) is 7.68. The minimum Gasteiger partial charge on any atom is -0.497 e. The van der Waals surface area contributed by atoms with Crippen LogP contribution < -0.4 is 15.4 Å². The van der Waals surface area contributed by atoms with Crippen LogP contribution in [0, 0.1) is 13.8 Å². The molecule has 4 rings (SSSR count). The number of amides is 1. The van der Waals surface area contributed by atoms with E-state index in [4.69, 9.17) is 4.74 Å². The average Bonchev–Trinajstić information content (AvgIpc) is 3.01. The number of carbonyl (C=O) groups is 1. The average molecular weight is 406 g/mol. The number of anilines is 1. The predicted molar refractivity (Wildman–Crippen MR) is 115 cm³/mol. The monoisotopic (exact) mass is 406 g/mol. The number of nitrogens with zero attached hydrogens (tertiary/aromatic N) is 2. The lowest BCUT2D eigenvalue weighted by Crippen LogP contribution is -2.53. The van der Waals surface area contributed by atoms with Crippen molar-refractivity contribution in [2.45, 2.75) is 32.0 Å². The quantitative estimate of drug-likeness (QED) is 0.620. The van der Waals surface area contributed by atoms with Crippen LogP contribution in [0.3, 0.4) is 0 Å². The first-order valence-electron chi connectivity index (χ1n) is 9.88. The highest BCUT2D eigenvalue weighted by Crippen LogP contribution is 2.41. The zero-order chi connectivity index (χ0) is 21.4. The number of carbonyl (C=O) groups excluding carboxylic acids is 1. The SMILES string of the molecule is COc1cccc([C@@H]2c3c(C)nn(C)c3NC(O)[C@H]2NC(=O)c2cccc(C)c2)c1. The third-order valence-electron chi connectivity index (χ3n) is 5.59. The molecule has 2 aromatic carbocycles. The lowest BCUT2D eigenvalue weighted by Gasteiger charge is -2.37. The molecular formula is C23H26N4O3. The number of nitrogens with one attached hydrogen (secondary N) is 2. The fourth-order valence-corrected chi connectivity index (χ4v) is 4.20. The van der Waals surface area contributed by atoms with E-state index in [0.717, 1.165) is 28.2 Å². The van der Waals surface area contributed by atoms with Gasteiger partial charge in [-0.1, -0.05) is 29.8 Å². The Morgan fingerprint density at radius 1 is 1.20 bits per heavy atom. The lowest BCUT2D eigenvalue weighted by molar-refractivity contribution is 0.0843. The maximum absolute atomic E-state index is 13.0. The summed E-state index contributed by atoms with van der Waals surface area (Å²) in [6.07, 6.45) is -0.989. The number of aliphatic hydroxyl groups is 1. The van der Waals surface area contributed by atoms with Gasteiger partial charge in [0.15, 0.2) is 0 Å². The topological polar surface area (TPSA) is 88.4 Å². The van der Waals surface area contributed by atoms with Crippen LogP contribution in [-0.2, 0) is 7.05 Å². The van der Waals surface area contributed by atoms with Crippen LogP contribution in [0.25, 0.3) is 0 Å². The summed E-state index contributed by atoms with van der Waals surface area (Å²) in [5.74, 6) is 0.928. The molecule has 0 bridgehead atoms. The van der Waals surface area contributed by atoms with Gasteiger partial charge in [0.1, 0.15) is 17.8 Å². The van der Waals surface area contributed by atoms with Crippen molar-refractivity contribution in [2.24, 2.45) is 7.05 Å². The highest BCUT2D eigenvalue weighted by molar-refractivity contribution is 5.94. The van der Waals surface area contributed by atoms with Crippen molar-refractivity contribution in [1.29, 1.82) is 0 Å². The molecule has 1 unspecified atom stereocenters. The third-order valence-corrected chi connectivity index (χ3v) is 5.59. The van der Waals surface area contributed by atoms with Crippen molar-refractivity contribution in [3.8, 4) is 5.75 Å². The number of ether oxygens (including phenoxy) is 1. The molecule has 7 heteroatoms. The Balaban J connectivity index is 1.78. The second-order valence-corrected chi connectivity index (χ2v) is 7.68. The normalized spacial score (nSPS) is 20.2. The molecule has 7 nitrogen and oxygen atoms in total. The minimum atomic E-state index is -0.989. The number of aromatic nitrogens is 2. The largest absolute Gasteiger partial charge is 0.497 e. The second kappa shape index (κ2) is 7.84. The molecule has 0 fully saturated rings. The van der Waals surface area contributed by atoms with Gasteiger partial charge in [0.2, 0.25) is 0 Å². The standard InChI is InChI=1S/C23H26N4O3/c1-13-7-5-9-16(11-13)22(28)24-20-19(15-8-6-10-17(12-15)30-4)18-14(2)26-27(3)21(18)25-23(20)29/h5-12,19-20,23,25,29H,1-4H3,(H,24,28)/t19-,20+,23?/m1/s1. The zero-order valence-electron chi connectivity index (χ0n) is 17.5. The Hall–Kier alpha value is -3.32. The molecule has 3 aromatic rings. The number of aliphatic hydroxyl groups excluding tert-OH is 1. The molecular weight excluding hydrogens is 380 g/mol. The number of fused-ring (bicyclic) bond motifs is 1. The first-order valence-corrected chi connectivity index (χ1v) is 9.88. The Bertz CT molecular complexity index is 1090. The summed E-state index contributed by atoms with van der Waals surface area (Å²) < 4.78 is 7.13. The number of hydrogen-bond acceptors (Lipinski definition) is 5. The number of methoxy groups -OCH3 is 1. The first kappa shape index (κ1) is 20.0. The maximum Gasteiger partial charge on any atom is 0.251 e. The fraction of sp³-hybridized carbons (Fsp3) is 0.304. The Kier molecular flexibility index (Phi) is 5.22. The van der Waals surface area contributed by atoms with E-state index in [1.807, 2.05) is 63.4 Å². The number of benzene rings is 2. The van der Waals surface area contributed by atoms with Gasteiger partial charge in [0.25, 0.3) is 5.91 Å². The molecule has 1 aliphatic heterocycles. The molecule has 1 aromatic heterocycles. The van der Waals surface area contributed by atoms with Gasteiger partial charge in [-0.2, -0.15) is 5.10 Å². The number of rotatable bonds is 4. The summed E-state index contributed by atoms with van der Waals surface area (Å²) in [4.78, 5) is 13.0. The molecule has 1 aliphatic rings. The van der Waals surface area contributed by atoms with Crippen molar-refractivity contribution >= 4 is 11.7 Å². The molecule has 30 heavy (non-hydrogen) atoms. The summed E-state index contributed by atoms with van der Waals surface area (Å²) in [6, 6.07) is 14.5. The molecule has 0 spiro atoms. The van der Waals surface area contributed by atoms with Gasteiger partial charge in [-0.3, -0.25) is 9.48 Å². The van der Waals surface area contributed by atoms with Crippen molar-refractivity contribution in [3.63, 3.8) is 0 Å². The van der Waals surface area contributed by atoms with E-state index < -0.39 is 12.3 Å². The molecule has 2 heterocycles. The molecule has 156 valence electrons. The number of hydrogen-bond donors (Lipinski definition) is 3. The van der Waals surface area contributed by atoms with Gasteiger partial charge in [0, 0.05) is 24.1 Å². The van der Waals surface area contributed by atoms with Gasteiger partial charge in [0.05, 0.1) is 18.8 Å². The van der Waals surface area contributed by atoms with E-state index in [1.165, 1.54) is 0 Å². The molecule has 1 amide bonds. The van der Waals surface area contributed by atoms with Crippen LogP contribution in [0.4, 0.5) is 5.82 Å². The molecule has 0 saturated heterocycles. The highest BCUT2D eigenvalue weighted by Gasteiger charge is 2.41. The van der Waals surface area contributed by atoms with E-state index in [-0.39, 0.29) is 11.8 Å². The highest BCUT2D eigenvalue weighted by atomic mass is 16.5. The number of aryl methyl sites for hydroxylation is 3. The van der Waals surface area contributed by atoms with Gasteiger partial charge in [-0.25, -0.2) is 0 Å². The van der Waals surface area contributed by atoms with E-state index in [2.05, 4.69) is 15.7 Å². The van der Waals surface area contributed by atoms with E-state index in [9.17, 15) is 9.90 Å². The fourth-order valence-electron chi connectivity index (χ4n) is 4.20. The smallest absolute Gasteiger partial charge is 0.251 e.